The van der Waals surface area contributed by atoms with Gasteiger partial charge in [0.2, 0.25) is 0 Å². The van der Waals surface area contributed by atoms with Crippen LogP contribution < -0.4 is 0 Å². The first kappa shape index (κ1) is 9.63. The number of nitriles is 1. The van der Waals surface area contributed by atoms with Crippen LogP contribution in [-0.4, -0.2) is 9.97 Å². The van der Waals surface area contributed by atoms with Crippen LogP contribution in [0.3, 0.4) is 0 Å². The smallest absolute Gasteiger partial charge is 0.146 e. The van der Waals surface area contributed by atoms with Gasteiger partial charge in [-0.2, -0.15) is 5.26 Å². The minimum absolute atomic E-state index is 0.227. The van der Waals surface area contributed by atoms with Crippen molar-refractivity contribution in [3.05, 3.63) is 47.5 Å². The topological polar surface area (TPSA) is 49.6 Å². The average molecular weight is 216 g/mol. The predicted octanol–water partition coefficient (Wildman–Crippen LogP) is 2.67. The molecular formula is C11H6ClN3. The molecule has 2 rings (SSSR count). The van der Waals surface area contributed by atoms with Crippen LogP contribution in [-0.2, 0) is 0 Å². The normalized spacial score (nSPS) is 9.60. The summed E-state index contributed by atoms with van der Waals surface area (Å²) in [4.78, 5) is 7.94. The van der Waals surface area contributed by atoms with E-state index in [1.807, 2.05) is 18.2 Å². The van der Waals surface area contributed by atoms with Gasteiger partial charge in [-0.3, -0.25) is 4.98 Å². The number of aromatic nitrogens is 2. The van der Waals surface area contributed by atoms with Crippen molar-refractivity contribution in [1.29, 1.82) is 5.26 Å². The summed E-state index contributed by atoms with van der Waals surface area (Å²) in [5.74, 6) is 0. The number of halogens is 1. The van der Waals surface area contributed by atoms with Crippen molar-refractivity contribution in [3.63, 3.8) is 0 Å². The summed E-state index contributed by atoms with van der Waals surface area (Å²) in [6.07, 6.45) is 5.03. The highest BCUT2D eigenvalue weighted by atomic mass is 35.5. The van der Waals surface area contributed by atoms with E-state index in [0.29, 0.717) is 5.56 Å². The van der Waals surface area contributed by atoms with Crippen LogP contribution in [0.4, 0.5) is 0 Å². The predicted molar refractivity (Wildman–Crippen MR) is 57.2 cm³/mol. The Hall–Kier alpha value is -1.92. The molecule has 2 aromatic heterocycles. The Kier molecular flexibility index (Phi) is 2.61. The van der Waals surface area contributed by atoms with E-state index in [-0.39, 0.29) is 5.15 Å². The SMILES string of the molecule is N#Cc1cc(-c2cccnc2)cnc1Cl. The molecule has 0 bridgehead atoms. The van der Waals surface area contributed by atoms with Crippen molar-refractivity contribution < 1.29 is 0 Å². The van der Waals surface area contributed by atoms with Crippen LogP contribution in [0, 0.1) is 11.3 Å². The second kappa shape index (κ2) is 4.07. The molecule has 0 amide bonds. The van der Waals surface area contributed by atoms with E-state index in [0.717, 1.165) is 11.1 Å². The van der Waals surface area contributed by atoms with Crippen LogP contribution >= 0.6 is 11.6 Å². The van der Waals surface area contributed by atoms with E-state index in [1.165, 1.54) is 0 Å². The van der Waals surface area contributed by atoms with E-state index in [9.17, 15) is 0 Å². The summed E-state index contributed by atoms with van der Waals surface area (Å²) in [7, 11) is 0. The Labute approximate surface area is 92.0 Å². The summed E-state index contributed by atoms with van der Waals surface area (Å²) in [6.45, 7) is 0. The number of pyridine rings is 2. The lowest BCUT2D eigenvalue weighted by Gasteiger charge is -2.01. The third-order valence-corrected chi connectivity index (χ3v) is 2.26. The van der Waals surface area contributed by atoms with Crippen molar-refractivity contribution in [3.8, 4) is 17.2 Å². The highest BCUT2D eigenvalue weighted by Crippen LogP contribution is 2.21. The molecule has 0 aromatic carbocycles. The van der Waals surface area contributed by atoms with Crippen molar-refractivity contribution in [2.24, 2.45) is 0 Å². The Morgan fingerprint density at radius 2 is 2.13 bits per heavy atom. The highest BCUT2D eigenvalue weighted by Gasteiger charge is 2.04. The Morgan fingerprint density at radius 3 is 2.80 bits per heavy atom. The van der Waals surface area contributed by atoms with E-state index >= 15 is 0 Å². The molecule has 0 unspecified atom stereocenters. The molecule has 0 fully saturated rings. The molecule has 0 saturated heterocycles. The van der Waals surface area contributed by atoms with Crippen molar-refractivity contribution in [2.75, 3.05) is 0 Å². The molecule has 0 saturated carbocycles. The van der Waals surface area contributed by atoms with Gasteiger partial charge in [0.15, 0.2) is 0 Å². The first-order valence-electron chi connectivity index (χ1n) is 4.27. The number of hydrogen-bond acceptors (Lipinski definition) is 3. The van der Waals surface area contributed by atoms with Crippen LogP contribution in [0.2, 0.25) is 5.15 Å². The van der Waals surface area contributed by atoms with Gasteiger partial charge in [-0.1, -0.05) is 17.7 Å². The molecule has 2 heterocycles. The van der Waals surface area contributed by atoms with Crippen molar-refractivity contribution in [2.45, 2.75) is 0 Å². The summed E-state index contributed by atoms with van der Waals surface area (Å²) in [5, 5.41) is 9.03. The third-order valence-electron chi connectivity index (χ3n) is 1.95. The van der Waals surface area contributed by atoms with E-state index in [4.69, 9.17) is 16.9 Å². The van der Waals surface area contributed by atoms with E-state index in [1.54, 1.807) is 24.7 Å². The molecule has 2 aromatic rings. The molecule has 0 aliphatic rings. The molecule has 3 nitrogen and oxygen atoms in total. The first-order valence-corrected chi connectivity index (χ1v) is 4.65. The van der Waals surface area contributed by atoms with Crippen LogP contribution in [0.5, 0.6) is 0 Å². The van der Waals surface area contributed by atoms with Crippen LogP contribution in [0.15, 0.2) is 36.8 Å². The zero-order valence-electron chi connectivity index (χ0n) is 7.68. The van der Waals surface area contributed by atoms with Gasteiger partial charge in [0.05, 0.1) is 5.56 Å². The second-order valence-electron chi connectivity index (χ2n) is 2.92. The fourth-order valence-electron chi connectivity index (χ4n) is 1.22. The zero-order valence-corrected chi connectivity index (χ0v) is 8.44. The lowest BCUT2D eigenvalue weighted by molar-refractivity contribution is 1.28. The molecule has 0 N–H and O–H groups in total. The molecule has 0 atom stereocenters. The van der Waals surface area contributed by atoms with Gasteiger partial charge in [0, 0.05) is 29.7 Å². The van der Waals surface area contributed by atoms with Crippen molar-refractivity contribution >= 4 is 11.6 Å². The van der Waals surface area contributed by atoms with E-state index in [2.05, 4.69) is 9.97 Å². The van der Waals surface area contributed by atoms with Gasteiger partial charge in [0.1, 0.15) is 11.2 Å². The number of nitrogens with zero attached hydrogens (tertiary/aromatic N) is 3. The van der Waals surface area contributed by atoms with E-state index < -0.39 is 0 Å². The Balaban J connectivity index is 2.52. The molecule has 0 spiro atoms. The highest BCUT2D eigenvalue weighted by molar-refractivity contribution is 6.30. The Morgan fingerprint density at radius 1 is 1.27 bits per heavy atom. The van der Waals surface area contributed by atoms with Gasteiger partial charge in [-0.15, -0.1) is 0 Å². The van der Waals surface area contributed by atoms with Gasteiger partial charge in [0.25, 0.3) is 0 Å². The quantitative estimate of drug-likeness (QED) is 0.688. The minimum atomic E-state index is 0.227. The maximum Gasteiger partial charge on any atom is 0.146 e. The van der Waals surface area contributed by atoms with Crippen LogP contribution in [0.25, 0.3) is 11.1 Å². The van der Waals surface area contributed by atoms with Crippen molar-refractivity contribution in [1.82, 2.24) is 9.97 Å². The monoisotopic (exact) mass is 215 g/mol. The lowest BCUT2D eigenvalue weighted by atomic mass is 10.1. The average Bonchev–Trinajstić information content (AvgIpc) is 2.31. The second-order valence-corrected chi connectivity index (χ2v) is 3.27. The summed E-state index contributed by atoms with van der Waals surface area (Å²) in [6, 6.07) is 7.42. The Bertz CT molecular complexity index is 517. The first-order chi connectivity index (χ1) is 7.31. The lowest BCUT2D eigenvalue weighted by Crippen LogP contribution is -1.86. The number of hydrogen-bond donors (Lipinski definition) is 0. The standard InChI is InChI=1S/C11H6ClN3/c12-11-9(5-13)4-10(7-15-11)8-2-1-3-14-6-8/h1-4,6-7H. The maximum absolute atomic E-state index is 8.80. The summed E-state index contributed by atoms with van der Waals surface area (Å²) < 4.78 is 0. The molecule has 0 aliphatic heterocycles. The molecule has 0 radical (unpaired) electrons. The van der Waals surface area contributed by atoms with Gasteiger partial charge in [-0.05, 0) is 12.1 Å². The minimum Gasteiger partial charge on any atom is -0.264 e. The maximum atomic E-state index is 8.80. The molecule has 15 heavy (non-hydrogen) atoms. The number of rotatable bonds is 1. The summed E-state index contributed by atoms with van der Waals surface area (Å²) >= 11 is 5.73. The molecule has 72 valence electrons. The van der Waals surface area contributed by atoms with Crippen LogP contribution in [0.1, 0.15) is 5.56 Å². The summed E-state index contributed by atoms with van der Waals surface area (Å²) in [5.41, 5.74) is 2.13. The molecule has 0 aliphatic carbocycles. The van der Waals surface area contributed by atoms with Gasteiger partial charge < -0.3 is 0 Å². The fraction of sp³-hybridized carbons (Fsp3) is 0. The fourth-order valence-corrected chi connectivity index (χ4v) is 1.36. The third kappa shape index (κ3) is 1.95. The largest absolute Gasteiger partial charge is 0.264 e. The molecule has 4 heteroatoms. The molecular weight excluding hydrogens is 210 g/mol. The van der Waals surface area contributed by atoms with Gasteiger partial charge in [-0.25, -0.2) is 4.98 Å². The zero-order chi connectivity index (χ0) is 10.7. The van der Waals surface area contributed by atoms with Gasteiger partial charge >= 0.3 is 0 Å².